The molecule has 6 heteroatoms. The summed E-state index contributed by atoms with van der Waals surface area (Å²) in [4.78, 5) is 15.3. The molecule has 0 atom stereocenters. The lowest BCUT2D eigenvalue weighted by atomic mass is 10.1. The van der Waals surface area contributed by atoms with Crippen molar-refractivity contribution in [1.29, 1.82) is 0 Å². The summed E-state index contributed by atoms with van der Waals surface area (Å²) >= 11 is 0. The number of aromatic nitrogens is 3. The van der Waals surface area contributed by atoms with Crippen LogP contribution in [0.5, 0.6) is 0 Å². The smallest absolute Gasteiger partial charge is 0.341 e. The molecule has 1 N–H and O–H groups in total. The molecule has 0 aliphatic rings. The van der Waals surface area contributed by atoms with Crippen LogP contribution in [0, 0.1) is 12.7 Å². The quantitative estimate of drug-likeness (QED) is 0.777. The summed E-state index contributed by atoms with van der Waals surface area (Å²) in [5, 5.41) is 13.2. The maximum Gasteiger partial charge on any atom is 0.341 e. The number of carboxylic acid groups (broad SMARTS) is 1. The fraction of sp³-hybridized carbons (Fsp3) is 0.0714. The van der Waals surface area contributed by atoms with Crippen molar-refractivity contribution in [3.63, 3.8) is 0 Å². The summed E-state index contributed by atoms with van der Waals surface area (Å²) in [6.07, 6.45) is 1.26. The maximum absolute atomic E-state index is 13.0. The molecule has 2 heterocycles. The van der Waals surface area contributed by atoms with E-state index in [9.17, 15) is 9.18 Å². The lowest BCUT2D eigenvalue weighted by Gasteiger charge is -2.06. The van der Waals surface area contributed by atoms with E-state index >= 15 is 0 Å². The zero-order valence-corrected chi connectivity index (χ0v) is 10.5. The van der Waals surface area contributed by atoms with E-state index in [0.717, 1.165) is 5.56 Å². The zero-order chi connectivity index (χ0) is 14.3. The number of carboxylic acids is 1. The molecule has 100 valence electrons. The van der Waals surface area contributed by atoms with Gasteiger partial charge in [0.15, 0.2) is 5.65 Å². The number of carbonyl (C=O) groups is 1. The lowest BCUT2D eigenvalue weighted by Crippen LogP contribution is -2.01. The highest BCUT2D eigenvalue weighted by atomic mass is 19.1. The van der Waals surface area contributed by atoms with Gasteiger partial charge in [-0.05, 0) is 37.3 Å². The highest BCUT2D eigenvalue weighted by molar-refractivity contribution is 5.94. The number of fused-ring (bicyclic) bond motifs is 1. The molecule has 3 aromatic rings. The number of aryl methyl sites for hydroxylation is 1. The van der Waals surface area contributed by atoms with Crippen LogP contribution in [-0.4, -0.2) is 25.7 Å². The molecule has 5 nitrogen and oxygen atoms in total. The fourth-order valence-corrected chi connectivity index (χ4v) is 2.06. The van der Waals surface area contributed by atoms with Crippen molar-refractivity contribution in [3.8, 4) is 11.3 Å². The maximum atomic E-state index is 13.0. The standard InChI is InChI=1S/C14H10FN3O2/c1-8-6-12(9-2-4-10(15)5-3-9)18-13(17-8)11(7-16-18)14(19)20/h2-7H,1H3,(H,19,20). The van der Waals surface area contributed by atoms with Gasteiger partial charge in [0.1, 0.15) is 11.4 Å². The first-order valence-electron chi connectivity index (χ1n) is 5.91. The Morgan fingerprint density at radius 3 is 2.65 bits per heavy atom. The first-order chi connectivity index (χ1) is 9.56. The minimum atomic E-state index is -1.08. The average molecular weight is 271 g/mol. The van der Waals surface area contributed by atoms with Crippen molar-refractivity contribution in [1.82, 2.24) is 14.6 Å². The van der Waals surface area contributed by atoms with E-state index in [2.05, 4.69) is 10.1 Å². The van der Waals surface area contributed by atoms with E-state index in [0.29, 0.717) is 11.4 Å². The van der Waals surface area contributed by atoms with Gasteiger partial charge in [0.05, 0.1) is 11.9 Å². The van der Waals surface area contributed by atoms with Crippen LogP contribution in [0.4, 0.5) is 4.39 Å². The van der Waals surface area contributed by atoms with E-state index < -0.39 is 5.97 Å². The highest BCUT2D eigenvalue weighted by Gasteiger charge is 2.16. The second-order valence-corrected chi connectivity index (χ2v) is 4.39. The van der Waals surface area contributed by atoms with Crippen LogP contribution in [0.1, 0.15) is 16.1 Å². The number of rotatable bonds is 2. The predicted octanol–water partition coefficient (Wildman–Crippen LogP) is 2.54. The molecule has 0 amide bonds. The van der Waals surface area contributed by atoms with Gasteiger partial charge in [0.2, 0.25) is 0 Å². The van der Waals surface area contributed by atoms with Crippen molar-refractivity contribution in [2.24, 2.45) is 0 Å². The van der Waals surface area contributed by atoms with Gasteiger partial charge in [0.25, 0.3) is 0 Å². The third-order valence-corrected chi connectivity index (χ3v) is 2.97. The number of benzene rings is 1. The average Bonchev–Trinajstić information content (AvgIpc) is 2.82. The largest absolute Gasteiger partial charge is 0.477 e. The van der Waals surface area contributed by atoms with E-state index in [1.165, 1.54) is 22.8 Å². The highest BCUT2D eigenvalue weighted by Crippen LogP contribution is 2.22. The summed E-state index contributed by atoms with van der Waals surface area (Å²) in [7, 11) is 0. The first kappa shape index (κ1) is 12.3. The zero-order valence-electron chi connectivity index (χ0n) is 10.5. The van der Waals surface area contributed by atoms with Gasteiger partial charge < -0.3 is 5.11 Å². The van der Waals surface area contributed by atoms with Crippen molar-refractivity contribution >= 4 is 11.6 Å². The van der Waals surface area contributed by atoms with Crippen molar-refractivity contribution in [2.45, 2.75) is 6.92 Å². The van der Waals surface area contributed by atoms with Gasteiger partial charge >= 0.3 is 5.97 Å². The van der Waals surface area contributed by atoms with Gasteiger partial charge in [-0.3, -0.25) is 0 Å². The third-order valence-electron chi connectivity index (χ3n) is 2.97. The molecule has 0 fully saturated rings. The Kier molecular flexibility index (Phi) is 2.71. The molecule has 0 spiro atoms. The van der Waals surface area contributed by atoms with E-state index in [4.69, 9.17) is 5.11 Å². The van der Waals surface area contributed by atoms with E-state index in [1.807, 2.05) is 0 Å². The second-order valence-electron chi connectivity index (χ2n) is 4.39. The molecule has 2 aromatic heterocycles. The predicted molar refractivity (Wildman–Crippen MR) is 70.1 cm³/mol. The molecule has 20 heavy (non-hydrogen) atoms. The Hall–Kier alpha value is -2.76. The number of nitrogens with zero attached hydrogens (tertiary/aromatic N) is 3. The molecular formula is C14H10FN3O2. The number of hydrogen-bond donors (Lipinski definition) is 1. The van der Waals surface area contributed by atoms with Crippen LogP contribution in [-0.2, 0) is 0 Å². The Bertz CT molecular complexity index is 809. The van der Waals surface area contributed by atoms with E-state index in [1.54, 1.807) is 25.1 Å². The van der Waals surface area contributed by atoms with Crippen LogP contribution in [0.2, 0.25) is 0 Å². The Morgan fingerprint density at radius 2 is 2.00 bits per heavy atom. The summed E-state index contributed by atoms with van der Waals surface area (Å²) in [6, 6.07) is 7.70. The lowest BCUT2D eigenvalue weighted by molar-refractivity contribution is 0.0699. The number of hydrogen-bond acceptors (Lipinski definition) is 3. The number of aromatic carboxylic acids is 1. The van der Waals surface area contributed by atoms with Gasteiger partial charge in [0, 0.05) is 11.3 Å². The molecule has 0 aliphatic heterocycles. The van der Waals surface area contributed by atoms with Gasteiger partial charge in [-0.25, -0.2) is 18.7 Å². The SMILES string of the molecule is Cc1cc(-c2ccc(F)cc2)n2ncc(C(=O)O)c2n1. The normalized spacial score (nSPS) is 10.9. The monoisotopic (exact) mass is 271 g/mol. The van der Waals surface area contributed by atoms with Gasteiger partial charge in [-0.2, -0.15) is 5.10 Å². The Balaban J connectivity index is 2.30. The van der Waals surface area contributed by atoms with Crippen molar-refractivity contribution in [2.75, 3.05) is 0 Å². The van der Waals surface area contributed by atoms with Crippen LogP contribution < -0.4 is 0 Å². The minimum absolute atomic E-state index is 0.0389. The van der Waals surface area contributed by atoms with Crippen LogP contribution in [0.3, 0.4) is 0 Å². The molecule has 0 bridgehead atoms. The molecule has 0 saturated heterocycles. The molecule has 0 radical (unpaired) electrons. The van der Waals surface area contributed by atoms with Crippen molar-refractivity contribution in [3.05, 3.63) is 53.6 Å². The molecule has 0 unspecified atom stereocenters. The van der Waals surface area contributed by atoms with Gasteiger partial charge in [-0.1, -0.05) is 0 Å². The van der Waals surface area contributed by atoms with Crippen LogP contribution in [0.25, 0.3) is 16.9 Å². The molecule has 0 saturated carbocycles. The Morgan fingerprint density at radius 1 is 1.30 bits per heavy atom. The summed E-state index contributed by atoms with van der Waals surface area (Å²) in [5.74, 6) is -1.41. The van der Waals surface area contributed by atoms with Gasteiger partial charge in [-0.15, -0.1) is 0 Å². The summed E-state index contributed by atoms with van der Waals surface area (Å²) in [5.41, 5.74) is 2.38. The molecule has 0 aliphatic carbocycles. The van der Waals surface area contributed by atoms with Crippen LogP contribution in [0.15, 0.2) is 36.5 Å². The fourth-order valence-electron chi connectivity index (χ4n) is 2.06. The first-order valence-corrected chi connectivity index (χ1v) is 5.91. The molecular weight excluding hydrogens is 261 g/mol. The summed E-state index contributed by atoms with van der Waals surface area (Å²) < 4.78 is 14.4. The topological polar surface area (TPSA) is 67.5 Å². The summed E-state index contributed by atoms with van der Waals surface area (Å²) in [6.45, 7) is 1.77. The minimum Gasteiger partial charge on any atom is -0.477 e. The number of halogens is 1. The van der Waals surface area contributed by atoms with Crippen molar-refractivity contribution < 1.29 is 14.3 Å². The molecule has 3 rings (SSSR count). The Labute approximate surface area is 113 Å². The van der Waals surface area contributed by atoms with Crippen LogP contribution >= 0.6 is 0 Å². The second kappa shape index (κ2) is 4.41. The molecule has 1 aromatic carbocycles. The third kappa shape index (κ3) is 1.91. The van der Waals surface area contributed by atoms with E-state index in [-0.39, 0.29) is 17.0 Å².